The number of benzene rings is 2. The van der Waals surface area contributed by atoms with Crippen LogP contribution in [0.2, 0.25) is 10.0 Å². The third kappa shape index (κ3) is 3.15. The summed E-state index contributed by atoms with van der Waals surface area (Å²) in [4.78, 5) is 11.2. The van der Waals surface area contributed by atoms with Crippen LogP contribution >= 0.6 is 23.2 Å². The number of nitrogens with two attached hydrogens (primary N) is 1. The normalized spacial score (nSPS) is 10.3. The van der Waals surface area contributed by atoms with Crippen LogP contribution in [0.3, 0.4) is 0 Å². The topological polar surface area (TPSA) is 72.5 Å². The van der Waals surface area contributed by atoms with Crippen molar-refractivity contribution >= 4 is 34.9 Å². The Morgan fingerprint density at radius 2 is 2.00 bits per heavy atom. The largest absolute Gasteiger partial charge is 0.488 e. The van der Waals surface area contributed by atoms with Crippen molar-refractivity contribution in [3.63, 3.8) is 0 Å². The van der Waals surface area contributed by atoms with E-state index in [-0.39, 0.29) is 23.6 Å². The molecule has 4 nitrogen and oxygen atoms in total. The summed E-state index contributed by atoms with van der Waals surface area (Å²) in [6.07, 6.45) is 0. The number of anilines is 1. The van der Waals surface area contributed by atoms with Crippen molar-refractivity contribution in [2.45, 2.75) is 6.61 Å². The number of rotatable bonds is 4. The van der Waals surface area contributed by atoms with Gasteiger partial charge in [-0.2, -0.15) is 0 Å². The monoisotopic (exact) mass is 311 g/mol. The molecule has 0 heterocycles. The first-order valence-corrected chi connectivity index (χ1v) is 6.43. The molecule has 2 aromatic rings. The predicted octanol–water partition coefficient (Wildman–Crippen LogP) is 3.85. The number of carbonyl (C=O) groups is 1. The molecule has 0 fully saturated rings. The number of aromatic carboxylic acids is 1. The van der Waals surface area contributed by atoms with Crippen molar-refractivity contribution in [1.29, 1.82) is 0 Å². The molecule has 0 aliphatic heterocycles. The highest BCUT2D eigenvalue weighted by Gasteiger charge is 2.15. The van der Waals surface area contributed by atoms with E-state index in [2.05, 4.69) is 0 Å². The lowest BCUT2D eigenvalue weighted by Crippen LogP contribution is -2.07. The Morgan fingerprint density at radius 1 is 1.25 bits per heavy atom. The molecule has 0 saturated heterocycles. The van der Waals surface area contributed by atoms with Crippen molar-refractivity contribution in [2.24, 2.45) is 0 Å². The van der Waals surface area contributed by atoms with Gasteiger partial charge in [-0.1, -0.05) is 29.3 Å². The zero-order valence-corrected chi connectivity index (χ0v) is 11.8. The summed E-state index contributed by atoms with van der Waals surface area (Å²) in [7, 11) is 0. The minimum atomic E-state index is -1.14. The summed E-state index contributed by atoms with van der Waals surface area (Å²) in [6.45, 7) is 0.100. The quantitative estimate of drug-likeness (QED) is 0.841. The molecule has 0 saturated carbocycles. The van der Waals surface area contributed by atoms with Gasteiger partial charge >= 0.3 is 5.97 Å². The fourth-order valence-electron chi connectivity index (χ4n) is 1.71. The molecule has 0 aromatic heterocycles. The molecule has 6 heteroatoms. The second-order valence-electron chi connectivity index (χ2n) is 4.05. The zero-order valence-electron chi connectivity index (χ0n) is 10.3. The van der Waals surface area contributed by atoms with Gasteiger partial charge in [0.05, 0.1) is 0 Å². The summed E-state index contributed by atoms with van der Waals surface area (Å²) in [5.41, 5.74) is 6.38. The van der Waals surface area contributed by atoms with Crippen LogP contribution in [0.4, 0.5) is 5.69 Å². The summed E-state index contributed by atoms with van der Waals surface area (Å²) >= 11 is 11.9. The minimum absolute atomic E-state index is 0.0642. The number of halogens is 2. The first kappa shape index (κ1) is 14.5. The lowest BCUT2D eigenvalue weighted by molar-refractivity contribution is 0.0693. The van der Waals surface area contributed by atoms with E-state index in [9.17, 15) is 4.79 Å². The molecule has 0 amide bonds. The van der Waals surface area contributed by atoms with E-state index >= 15 is 0 Å². The van der Waals surface area contributed by atoms with Crippen LogP contribution in [0.5, 0.6) is 5.75 Å². The van der Waals surface area contributed by atoms with Gasteiger partial charge in [0.25, 0.3) is 0 Å². The van der Waals surface area contributed by atoms with E-state index in [1.54, 1.807) is 24.3 Å². The molecule has 0 aliphatic carbocycles. The molecule has 0 atom stereocenters. The van der Waals surface area contributed by atoms with Crippen molar-refractivity contribution in [1.82, 2.24) is 0 Å². The third-order valence-electron chi connectivity index (χ3n) is 2.66. The van der Waals surface area contributed by atoms with Gasteiger partial charge in [0.1, 0.15) is 17.9 Å². The van der Waals surface area contributed by atoms with E-state index in [1.807, 2.05) is 0 Å². The molecule has 104 valence electrons. The maximum absolute atomic E-state index is 11.2. The molecule has 2 rings (SSSR count). The standard InChI is InChI=1S/C14H11Cl2NO3/c15-9-4-5-10(16)8(6-9)7-20-12-3-1-2-11(17)13(12)14(18)19/h1-6H,7,17H2,(H,18,19). The van der Waals surface area contributed by atoms with Crippen LogP contribution in [-0.4, -0.2) is 11.1 Å². The Bertz CT molecular complexity index is 659. The average molecular weight is 312 g/mol. The van der Waals surface area contributed by atoms with E-state index < -0.39 is 5.97 Å². The molecule has 0 unspecified atom stereocenters. The van der Waals surface area contributed by atoms with Crippen molar-refractivity contribution in [3.8, 4) is 5.75 Å². The van der Waals surface area contributed by atoms with Crippen molar-refractivity contribution < 1.29 is 14.6 Å². The zero-order chi connectivity index (χ0) is 14.7. The number of hydrogen-bond acceptors (Lipinski definition) is 3. The van der Waals surface area contributed by atoms with Gasteiger partial charge in [-0.3, -0.25) is 0 Å². The van der Waals surface area contributed by atoms with Crippen LogP contribution < -0.4 is 10.5 Å². The van der Waals surface area contributed by atoms with Crippen LogP contribution in [0, 0.1) is 0 Å². The summed E-state index contributed by atoms with van der Waals surface area (Å²) in [6, 6.07) is 9.64. The molecule has 20 heavy (non-hydrogen) atoms. The van der Waals surface area contributed by atoms with Crippen LogP contribution in [0.25, 0.3) is 0 Å². The Morgan fingerprint density at radius 3 is 2.70 bits per heavy atom. The van der Waals surface area contributed by atoms with Gasteiger partial charge in [-0.15, -0.1) is 0 Å². The molecule has 0 bridgehead atoms. The summed E-state index contributed by atoms with van der Waals surface area (Å²) in [5, 5.41) is 10.2. The van der Waals surface area contributed by atoms with Crippen molar-refractivity contribution in [3.05, 3.63) is 57.6 Å². The molecule has 0 aliphatic rings. The van der Waals surface area contributed by atoms with E-state index in [1.165, 1.54) is 12.1 Å². The third-order valence-corrected chi connectivity index (χ3v) is 3.27. The van der Waals surface area contributed by atoms with Gasteiger partial charge in [0, 0.05) is 21.3 Å². The Hall–Kier alpha value is -1.91. The molecule has 3 N–H and O–H groups in total. The van der Waals surface area contributed by atoms with E-state index in [4.69, 9.17) is 38.8 Å². The highest BCUT2D eigenvalue weighted by molar-refractivity contribution is 6.33. The Balaban J connectivity index is 2.25. The molecular weight excluding hydrogens is 301 g/mol. The number of hydrogen-bond donors (Lipinski definition) is 2. The van der Waals surface area contributed by atoms with Crippen LogP contribution in [0.1, 0.15) is 15.9 Å². The second-order valence-corrected chi connectivity index (χ2v) is 4.89. The van der Waals surface area contributed by atoms with E-state index in [0.29, 0.717) is 15.6 Å². The van der Waals surface area contributed by atoms with Gasteiger partial charge in [-0.25, -0.2) is 4.79 Å². The van der Waals surface area contributed by atoms with Gasteiger partial charge < -0.3 is 15.6 Å². The minimum Gasteiger partial charge on any atom is -0.488 e. The average Bonchev–Trinajstić information content (AvgIpc) is 2.39. The van der Waals surface area contributed by atoms with Gasteiger partial charge in [0.15, 0.2) is 0 Å². The maximum atomic E-state index is 11.2. The van der Waals surface area contributed by atoms with Crippen LogP contribution in [0.15, 0.2) is 36.4 Å². The Kier molecular flexibility index (Phi) is 4.37. The molecule has 0 radical (unpaired) electrons. The highest BCUT2D eigenvalue weighted by Crippen LogP contribution is 2.27. The second kappa shape index (κ2) is 6.03. The smallest absolute Gasteiger partial charge is 0.341 e. The summed E-state index contributed by atoms with van der Waals surface area (Å²) in [5.74, 6) is -0.955. The number of nitrogen functional groups attached to an aromatic ring is 1. The number of carboxylic acid groups (broad SMARTS) is 1. The first-order chi connectivity index (χ1) is 9.49. The van der Waals surface area contributed by atoms with Gasteiger partial charge in [-0.05, 0) is 30.3 Å². The fraction of sp³-hybridized carbons (Fsp3) is 0.0714. The molecular formula is C14H11Cl2NO3. The first-order valence-electron chi connectivity index (χ1n) is 5.67. The van der Waals surface area contributed by atoms with Crippen molar-refractivity contribution in [2.75, 3.05) is 5.73 Å². The Labute approximate surface area is 125 Å². The summed E-state index contributed by atoms with van der Waals surface area (Å²) < 4.78 is 5.50. The number of carboxylic acids is 1. The predicted molar refractivity (Wildman–Crippen MR) is 78.6 cm³/mol. The SMILES string of the molecule is Nc1cccc(OCc2cc(Cl)ccc2Cl)c1C(=O)O. The highest BCUT2D eigenvalue weighted by atomic mass is 35.5. The molecule has 0 spiro atoms. The fourth-order valence-corrected chi connectivity index (χ4v) is 2.07. The van der Waals surface area contributed by atoms with Gasteiger partial charge in [0.2, 0.25) is 0 Å². The van der Waals surface area contributed by atoms with E-state index in [0.717, 1.165) is 0 Å². The van der Waals surface area contributed by atoms with Crippen LogP contribution in [-0.2, 0) is 6.61 Å². The lowest BCUT2D eigenvalue weighted by Gasteiger charge is -2.11. The lowest BCUT2D eigenvalue weighted by atomic mass is 10.1. The maximum Gasteiger partial charge on any atom is 0.341 e. The molecule has 2 aromatic carbocycles. The number of ether oxygens (including phenoxy) is 1.